The molecule has 1 unspecified atom stereocenters. The molecule has 1 aromatic carbocycles. The summed E-state index contributed by atoms with van der Waals surface area (Å²) in [6.07, 6.45) is 1.59. The molecule has 2 N–H and O–H groups in total. The van der Waals surface area contributed by atoms with Crippen molar-refractivity contribution in [1.29, 1.82) is 0 Å². The number of hydrogen-bond donors (Lipinski definition) is 2. The number of piperidine rings is 1. The number of hydrogen-bond acceptors (Lipinski definition) is 3. The summed E-state index contributed by atoms with van der Waals surface area (Å²) in [6, 6.07) is 3.78. The number of halogens is 2. The van der Waals surface area contributed by atoms with E-state index in [2.05, 4.69) is 41.9 Å². The topological polar surface area (TPSA) is 58.2 Å². The van der Waals surface area contributed by atoms with Crippen LogP contribution in [0.15, 0.2) is 21.1 Å². The van der Waals surface area contributed by atoms with Crippen molar-refractivity contribution in [1.82, 2.24) is 5.32 Å². The molecule has 2 rings (SSSR count). The molecule has 0 aromatic heterocycles. The first kappa shape index (κ1) is 15.3. The Labute approximate surface area is 130 Å². The average Bonchev–Trinajstić information content (AvgIpc) is 2.35. The molecule has 1 atom stereocenters. The minimum Gasteiger partial charge on any atom is -0.315 e. The summed E-state index contributed by atoms with van der Waals surface area (Å²) >= 11 is 6.80. The second-order valence-electron chi connectivity index (χ2n) is 4.72. The summed E-state index contributed by atoms with van der Waals surface area (Å²) in [5.41, 5.74) is 1.62. The van der Waals surface area contributed by atoms with Gasteiger partial charge in [0.25, 0.3) is 0 Å². The number of nitrogens with one attached hydrogen (secondary N) is 2. The fourth-order valence-corrected chi connectivity index (χ4v) is 5.47. The van der Waals surface area contributed by atoms with Crippen LogP contribution in [0.3, 0.4) is 0 Å². The van der Waals surface area contributed by atoms with E-state index in [0.717, 1.165) is 27.5 Å². The molecule has 106 valence electrons. The largest absolute Gasteiger partial charge is 0.315 e. The lowest BCUT2D eigenvalue weighted by Crippen LogP contribution is -2.41. The minimum absolute atomic E-state index is 0.374. The van der Waals surface area contributed by atoms with Crippen molar-refractivity contribution >= 4 is 47.6 Å². The standard InChI is InChI=1S/C12H16Br2N2O2S/c1-8-5-10(13)12(11(14)6-8)16-19(17,18)9-3-2-4-15-7-9/h5-6,9,15-16H,2-4,7H2,1H3. The van der Waals surface area contributed by atoms with Gasteiger partial charge < -0.3 is 5.32 Å². The minimum atomic E-state index is -3.37. The Morgan fingerprint density at radius 2 is 1.95 bits per heavy atom. The quantitative estimate of drug-likeness (QED) is 0.803. The Morgan fingerprint density at radius 3 is 2.47 bits per heavy atom. The molecular formula is C12H16Br2N2O2S. The third kappa shape index (κ3) is 3.71. The molecule has 1 aliphatic heterocycles. The van der Waals surface area contributed by atoms with Crippen LogP contribution in [-0.2, 0) is 10.0 Å². The summed E-state index contributed by atoms with van der Waals surface area (Å²) in [5.74, 6) is 0. The van der Waals surface area contributed by atoms with E-state index in [-0.39, 0.29) is 5.25 Å². The van der Waals surface area contributed by atoms with Gasteiger partial charge in [-0.2, -0.15) is 0 Å². The van der Waals surface area contributed by atoms with Crippen molar-refractivity contribution in [3.63, 3.8) is 0 Å². The molecule has 0 spiro atoms. The van der Waals surface area contributed by atoms with Crippen molar-refractivity contribution < 1.29 is 8.42 Å². The van der Waals surface area contributed by atoms with E-state index in [1.165, 1.54) is 0 Å². The summed E-state index contributed by atoms with van der Waals surface area (Å²) < 4.78 is 28.9. The lowest BCUT2D eigenvalue weighted by atomic mass is 10.2. The van der Waals surface area contributed by atoms with Crippen LogP contribution in [-0.4, -0.2) is 26.8 Å². The van der Waals surface area contributed by atoms with Gasteiger partial charge in [-0.3, -0.25) is 4.72 Å². The molecule has 1 aromatic rings. The molecule has 0 bridgehead atoms. The predicted molar refractivity (Wildman–Crippen MR) is 85.0 cm³/mol. The van der Waals surface area contributed by atoms with Crippen molar-refractivity contribution in [2.45, 2.75) is 25.0 Å². The third-order valence-electron chi connectivity index (χ3n) is 3.12. The number of aryl methyl sites for hydroxylation is 1. The van der Waals surface area contributed by atoms with E-state index in [1.54, 1.807) is 0 Å². The van der Waals surface area contributed by atoms with Crippen LogP contribution in [0.1, 0.15) is 18.4 Å². The zero-order valence-electron chi connectivity index (χ0n) is 10.5. The van der Waals surface area contributed by atoms with E-state index in [1.807, 2.05) is 19.1 Å². The molecule has 0 radical (unpaired) electrons. The SMILES string of the molecule is Cc1cc(Br)c(NS(=O)(=O)C2CCCNC2)c(Br)c1. The van der Waals surface area contributed by atoms with Gasteiger partial charge in [0.1, 0.15) is 0 Å². The van der Waals surface area contributed by atoms with Crippen LogP contribution < -0.4 is 10.0 Å². The van der Waals surface area contributed by atoms with Crippen LogP contribution >= 0.6 is 31.9 Å². The molecule has 7 heteroatoms. The molecule has 0 saturated carbocycles. The summed E-state index contributed by atoms with van der Waals surface area (Å²) in [7, 11) is -3.37. The summed E-state index contributed by atoms with van der Waals surface area (Å²) in [5, 5.41) is 2.75. The number of anilines is 1. The highest BCUT2D eigenvalue weighted by Gasteiger charge is 2.28. The first-order chi connectivity index (χ1) is 8.90. The van der Waals surface area contributed by atoms with Gasteiger partial charge in [-0.05, 0) is 75.9 Å². The van der Waals surface area contributed by atoms with Crippen molar-refractivity contribution in [3.05, 3.63) is 26.6 Å². The van der Waals surface area contributed by atoms with Gasteiger partial charge in [0.15, 0.2) is 0 Å². The molecular weight excluding hydrogens is 396 g/mol. The van der Waals surface area contributed by atoms with E-state index in [4.69, 9.17) is 0 Å². The molecule has 4 nitrogen and oxygen atoms in total. The van der Waals surface area contributed by atoms with Gasteiger partial charge in [-0.1, -0.05) is 0 Å². The van der Waals surface area contributed by atoms with Gasteiger partial charge in [-0.15, -0.1) is 0 Å². The highest BCUT2D eigenvalue weighted by molar-refractivity contribution is 9.11. The normalized spacial score (nSPS) is 20.3. The van der Waals surface area contributed by atoms with Crippen LogP contribution in [0.2, 0.25) is 0 Å². The van der Waals surface area contributed by atoms with Crippen molar-refractivity contribution in [2.75, 3.05) is 17.8 Å². The smallest absolute Gasteiger partial charge is 0.236 e. The molecule has 0 amide bonds. The van der Waals surface area contributed by atoms with Gasteiger partial charge in [-0.25, -0.2) is 8.42 Å². The van der Waals surface area contributed by atoms with E-state index in [0.29, 0.717) is 18.7 Å². The molecule has 1 heterocycles. The fraction of sp³-hybridized carbons (Fsp3) is 0.500. The molecule has 1 saturated heterocycles. The van der Waals surface area contributed by atoms with Crippen molar-refractivity contribution in [3.8, 4) is 0 Å². The number of rotatable bonds is 3. The Bertz CT molecular complexity index is 546. The molecule has 1 aliphatic rings. The van der Waals surface area contributed by atoms with E-state index >= 15 is 0 Å². The monoisotopic (exact) mass is 410 g/mol. The maximum absolute atomic E-state index is 12.4. The number of sulfonamides is 1. The molecule has 1 fully saturated rings. The summed E-state index contributed by atoms with van der Waals surface area (Å²) in [4.78, 5) is 0. The van der Waals surface area contributed by atoms with Gasteiger partial charge in [0, 0.05) is 15.5 Å². The maximum atomic E-state index is 12.4. The zero-order valence-corrected chi connectivity index (χ0v) is 14.5. The Hall–Kier alpha value is -0.110. The Morgan fingerprint density at radius 1 is 1.32 bits per heavy atom. The lowest BCUT2D eigenvalue weighted by molar-refractivity contribution is 0.499. The van der Waals surface area contributed by atoms with Gasteiger partial charge >= 0.3 is 0 Å². The fourth-order valence-electron chi connectivity index (χ4n) is 2.11. The lowest BCUT2D eigenvalue weighted by Gasteiger charge is -2.24. The second-order valence-corrected chi connectivity index (χ2v) is 8.39. The van der Waals surface area contributed by atoms with E-state index in [9.17, 15) is 8.42 Å². The van der Waals surface area contributed by atoms with Crippen LogP contribution in [0, 0.1) is 6.92 Å². The first-order valence-electron chi connectivity index (χ1n) is 6.08. The van der Waals surface area contributed by atoms with Crippen LogP contribution in [0.25, 0.3) is 0 Å². The molecule has 19 heavy (non-hydrogen) atoms. The first-order valence-corrected chi connectivity index (χ1v) is 9.21. The maximum Gasteiger partial charge on any atom is 0.236 e. The Kier molecular flexibility index (Phi) is 4.92. The zero-order chi connectivity index (χ0) is 14.0. The van der Waals surface area contributed by atoms with Crippen molar-refractivity contribution in [2.24, 2.45) is 0 Å². The van der Waals surface area contributed by atoms with Crippen LogP contribution in [0.4, 0.5) is 5.69 Å². The average molecular weight is 412 g/mol. The van der Waals surface area contributed by atoms with E-state index < -0.39 is 10.0 Å². The second kappa shape index (κ2) is 6.11. The van der Waals surface area contributed by atoms with Gasteiger partial charge in [0.05, 0.1) is 10.9 Å². The Balaban J connectivity index is 2.25. The van der Waals surface area contributed by atoms with Gasteiger partial charge in [0.2, 0.25) is 10.0 Å². The third-order valence-corrected chi connectivity index (χ3v) is 6.14. The highest BCUT2D eigenvalue weighted by Crippen LogP contribution is 2.33. The van der Waals surface area contributed by atoms with Crippen LogP contribution in [0.5, 0.6) is 0 Å². The predicted octanol–water partition coefficient (Wildman–Crippen LogP) is 3.01. The summed E-state index contributed by atoms with van der Waals surface area (Å²) in [6.45, 7) is 3.36. The highest BCUT2D eigenvalue weighted by atomic mass is 79.9. The molecule has 0 aliphatic carbocycles. The number of benzene rings is 1.